The molecule has 5 heteroatoms. The monoisotopic (exact) mass is 329 g/mol. The highest BCUT2D eigenvalue weighted by atomic mass is 16.5. The highest BCUT2D eigenvalue weighted by molar-refractivity contribution is 5.94. The van der Waals surface area contributed by atoms with E-state index in [-0.39, 0.29) is 5.91 Å². The summed E-state index contributed by atoms with van der Waals surface area (Å²) in [4.78, 5) is 20.9. The van der Waals surface area contributed by atoms with Gasteiger partial charge in [0, 0.05) is 49.7 Å². The number of fused-ring (bicyclic) bond motifs is 1. The van der Waals surface area contributed by atoms with Gasteiger partial charge in [-0.3, -0.25) is 14.7 Å². The summed E-state index contributed by atoms with van der Waals surface area (Å²) in [5.41, 5.74) is 0.747. The van der Waals surface area contributed by atoms with Gasteiger partial charge in [0.05, 0.1) is 13.2 Å². The Morgan fingerprint density at radius 2 is 1.88 bits per heavy atom. The van der Waals surface area contributed by atoms with Crippen molar-refractivity contribution in [2.75, 3.05) is 32.8 Å². The lowest BCUT2D eigenvalue weighted by Gasteiger charge is -2.45. The van der Waals surface area contributed by atoms with E-state index in [4.69, 9.17) is 4.74 Å². The van der Waals surface area contributed by atoms with Gasteiger partial charge in [-0.1, -0.05) is 0 Å². The molecule has 24 heavy (non-hydrogen) atoms. The molecule has 130 valence electrons. The quantitative estimate of drug-likeness (QED) is 0.748. The number of pyridine rings is 1. The van der Waals surface area contributed by atoms with Crippen LogP contribution in [0.1, 0.15) is 30.6 Å². The summed E-state index contributed by atoms with van der Waals surface area (Å²) in [7, 11) is 0. The van der Waals surface area contributed by atoms with E-state index in [0.717, 1.165) is 50.5 Å². The molecular formula is C19H27N3O2. The van der Waals surface area contributed by atoms with Gasteiger partial charge in [-0.05, 0) is 50.2 Å². The van der Waals surface area contributed by atoms with Gasteiger partial charge >= 0.3 is 0 Å². The Hall–Kier alpha value is -1.46. The second kappa shape index (κ2) is 6.45. The number of nitrogens with zero attached hydrogens (tertiary/aromatic N) is 3. The summed E-state index contributed by atoms with van der Waals surface area (Å²) in [6.45, 7) is 9.12. The minimum absolute atomic E-state index is 0.144. The van der Waals surface area contributed by atoms with Crippen LogP contribution in [0.5, 0.6) is 0 Å². The van der Waals surface area contributed by atoms with Gasteiger partial charge in [-0.15, -0.1) is 0 Å². The molecular weight excluding hydrogens is 302 g/mol. The van der Waals surface area contributed by atoms with Gasteiger partial charge in [-0.25, -0.2) is 0 Å². The SMILES string of the molecule is CC1CC(C)N1CCOCC1C2CN(C(=O)c3ccncc3)CC12. The van der Waals surface area contributed by atoms with Gasteiger partial charge in [0.2, 0.25) is 0 Å². The van der Waals surface area contributed by atoms with Gasteiger partial charge in [0.15, 0.2) is 0 Å². The summed E-state index contributed by atoms with van der Waals surface area (Å²) in [5, 5.41) is 0. The molecule has 1 saturated carbocycles. The number of hydrogen-bond acceptors (Lipinski definition) is 4. The molecule has 2 aliphatic heterocycles. The van der Waals surface area contributed by atoms with E-state index in [9.17, 15) is 4.79 Å². The zero-order chi connectivity index (χ0) is 16.7. The van der Waals surface area contributed by atoms with Gasteiger partial charge in [-0.2, -0.15) is 0 Å². The first-order chi connectivity index (χ1) is 11.6. The van der Waals surface area contributed by atoms with E-state index in [1.165, 1.54) is 6.42 Å². The van der Waals surface area contributed by atoms with Crippen LogP contribution in [0.3, 0.4) is 0 Å². The first-order valence-corrected chi connectivity index (χ1v) is 9.18. The summed E-state index contributed by atoms with van der Waals surface area (Å²) in [6.07, 6.45) is 4.68. The van der Waals surface area contributed by atoms with Crippen LogP contribution in [0.15, 0.2) is 24.5 Å². The fourth-order valence-corrected chi connectivity index (χ4v) is 4.63. The minimum Gasteiger partial charge on any atom is -0.380 e. The standard InChI is InChI=1S/C19H27N3O2/c1-13-9-14(2)22(13)7-8-24-12-18-16-10-21(11-17(16)18)19(23)15-3-5-20-6-4-15/h3-6,13-14,16-18H,7-12H2,1-2H3. The lowest BCUT2D eigenvalue weighted by Crippen LogP contribution is -2.53. The number of likely N-dealkylation sites (tertiary alicyclic amines) is 2. The highest BCUT2D eigenvalue weighted by Gasteiger charge is 2.56. The molecule has 0 spiro atoms. The van der Waals surface area contributed by atoms with E-state index in [1.807, 2.05) is 4.90 Å². The van der Waals surface area contributed by atoms with Gasteiger partial charge < -0.3 is 9.64 Å². The van der Waals surface area contributed by atoms with Crippen molar-refractivity contribution in [2.24, 2.45) is 17.8 Å². The van der Waals surface area contributed by atoms with Crippen LogP contribution in [-0.2, 0) is 4.74 Å². The summed E-state index contributed by atoms with van der Waals surface area (Å²) in [6, 6.07) is 5.03. The third-order valence-electron chi connectivity index (χ3n) is 6.20. The molecule has 2 saturated heterocycles. The number of hydrogen-bond donors (Lipinski definition) is 0. The predicted octanol–water partition coefficient (Wildman–Crippen LogP) is 1.90. The molecule has 0 radical (unpaired) electrons. The van der Waals surface area contributed by atoms with Crippen LogP contribution in [0.4, 0.5) is 0 Å². The van der Waals surface area contributed by atoms with Crippen LogP contribution in [0.25, 0.3) is 0 Å². The largest absolute Gasteiger partial charge is 0.380 e. The summed E-state index contributed by atoms with van der Waals surface area (Å²) >= 11 is 0. The molecule has 3 aliphatic rings. The van der Waals surface area contributed by atoms with Crippen LogP contribution < -0.4 is 0 Å². The third kappa shape index (κ3) is 2.95. The Balaban J connectivity index is 1.16. The number of carbonyl (C=O) groups excluding carboxylic acids is 1. The van der Waals surface area contributed by atoms with Crippen molar-refractivity contribution in [2.45, 2.75) is 32.4 Å². The van der Waals surface area contributed by atoms with Crippen LogP contribution in [-0.4, -0.2) is 65.6 Å². The molecule has 4 rings (SSSR count). The highest BCUT2D eigenvalue weighted by Crippen LogP contribution is 2.51. The second-order valence-corrected chi connectivity index (χ2v) is 7.68. The van der Waals surface area contributed by atoms with Crippen molar-refractivity contribution < 1.29 is 9.53 Å². The first-order valence-electron chi connectivity index (χ1n) is 9.18. The van der Waals surface area contributed by atoms with Crippen molar-refractivity contribution >= 4 is 5.91 Å². The Kier molecular flexibility index (Phi) is 4.31. The molecule has 1 aliphatic carbocycles. The van der Waals surface area contributed by atoms with Gasteiger partial charge in [0.25, 0.3) is 5.91 Å². The normalized spacial score (nSPS) is 34.8. The predicted molar refractivity (Wildman–Crippen MR) is 91.7 cm³/mol. The Bertz CT molecular complexity index is 574. The molecule has 1 aromatic heterocycles. The maximum absolute atomic E-state index is 12.4. The number of carbonyl (C=O) groups is 1. The maximum atomic E-state index is 12.4. The van der Waals surface area contributed by atoms with Crippen molar-refractivity contribution in [3.05, 3.63) is 30.1 Å². The van der Waals surface area contributed by atoms with E-state index < -0.39 is 0 Å². The zero-order valence-corrected chi connectivity index (χ0v) is 14.6. The third-order valence-corrected chi connectivity index (χ3v) is 6.20. The molecule has 0 aromatic carbocycles. The van der Waals surface area contributed by atoms with Crippen molar-refractivity contribution in [1.29, 1.82) is 0 Å². The molecule has 0 N–H and O–H groups in total. The fraction of sp³-hybridized carbons (Fsp3) is 0.684. The molecule has 5 nitrogen and oxygen atoms in total. The minimum atomic E-state index is 0.144. The van der Waals surface area contributed by atoms with E-state index in [0.29, 0.717) is 17.8 Å². The Morgan fingerprint density at radius 1 is 1.21 bits per heavy atom. The van der Waals surface area contributed by atoms with E-state index in [2.05, 4.69) is 23.7 Å². The average molecular weight is 329 g/mol. The average Bonchev–Trinajstić information content (AvgIpc) is 3.04. The van der Waals surface area contributed by atoms with Crippen molar-refractivity contribution in [1.82, 2.24) is 14.8 Å². The zero-order valence-electron chi connectivity index (χ0n) is 14.6. The topological polar surface area (TPSA) is 45.7 Å². The molecule has 3 fully saturated rings. The van der Waals surface area contributed by atoms with Crippen molar-refractivity contribution in [3.63, 3.8) is 0 Å². The van der Waals surface area contributed by atoms with E-state index >= 15 is 0 Å². The fourth-order valence-electron chi connectivity index (χ4n) is 4.63. The number of piperidine rings is 1. The van der Waals surface area contributed by atoms with Gasteiger partial charge in [0.1, 0.15) is 0 Å². The van der Waals surface area contributed by atoms with Crippen LogP contribution >= 0.6 is 0 Å². The Morgan fingerprint density at radius 3 is 2.50 bits per heavy atom. The number of amides is 1. The Labute approximate surface area is 144 Å². The number of ether oxygens (including phenoxy) is 1. The van der Waals surface area contributed by atoms with Crippen LogP contribution in [0.2, 0.25) is 0 Å². The lowest BCUT2D eigenvalue weighted by atomic mass is 9.96. The van der Waals surface area contributed by atoms with Crippen molar-refractivity contribution in [3.8, 4) is 0 Å². The summed E-state index contributed by atoms with van der Waals surface area (Å²) in [5.74, 6) is 2.11. The molecule has 1 aromatic rings. The lowest BCUT2D eigenvalue weighted by molar-refractivity contribution is 0.00180. The number of rotatable bonds is 6. The molecule has 0 bridgehead atoms. The summed E-state index contributed by atoms with van der Waals surface area (Å²) < 4.78 is 5.92. The first kappa shape index (κ1) is 16.0. The smallest absolute Gasteiger partial charge is 0.253 e. The maximum Gasteiger partial charge on any atom is 0.253 e. The molecule has 1 amide bonds. The second-order valence-electron chi connectivity index (χ2n) is 7.68. The molecule has 4 atom stereocenters. The molecule has 3 heterocycles. The van der Waals surface area contributed by atoms with Crippen LogP contribution in [0, 0.1) is 17.8 Å². The van der Waals surface area contributed by atoms with E-state index in [1.54, 1.807) is 24.5 Å². The number of aromatic nitrogens is 1. The molecule has 4 unspecified atom stereocenters.